The highest BCUT2D eigenvalue weighted by atomic mass is 35.5. The molecule has 0 saturated carbocycles. The van der Waals surface area contributed by atoms with Crippen LogP contribution >= 0.6 is 11.6 Å². The number of nitrogens with one attached hydrogen (secondary N) is 1. The second kappa shape index (κ2) is 5.54. The third-order valence-electron chi connectivity index (χ3n) is 4.76. The van der Waals surface area contributed by atoms with Crippen molar-refractivity contribution in [3.63, 3.8) is 0 Å². The standard InChI is InChI=1S/C14H18ClN3O4S/c15-9-1-2-10(16)11(19)12(9)23(21,22)18-7-4-14(5-8-18)3-6-17-13(14)20/h1-2,19H,3-8,16H2,(H,17,20). The lowest BCUT2D eigenvalue weighted by atomic mass is 9.78. The molecule has 0 aliphatic carbocycles. The number of carbonyl (C=O) groups excluding carboxylic acids is 1. The van der Waals surface area contributed by atoms with E-state index in [-0.39, 0.29) is 34.6 Å². The summed E-state index contributed by atoms with van der Waals surface area (Å²) in [6.07, 6.45) is 1.64. The number of benzene rings is 1. The predicted molar refractivity (Wildman–Crippen MR) is 85.6 cm³/mol. The Bertz CT molecular complexity index is 758. The molecule has 126 valence electrons. The molecule has 23 heavy (non-hydrogen) atoms. The van der Waals surface area contributed by atoms with Crippen LogP contribution in [0, 0.1) is 5.41 Å². The molecule has 0 atom stereocenters. The van der Waals surface area contributed by atoms with Crippen LogP contribution in [0.1, 0.15) is 19.3 Å². The highest BCUT2D eigenvalue weighted by Crippen LogP contribution is 2.42. The van der Waals surface area contributed by atoms with Crippen molar-refractivity contribution in [3.8, 4) is 5.75 Å². The minimum atomic E-state index is -3.97. The molecule has 2 aliphatic rings. The number of nitrogens with two attached hydrogens (primary N) is 1. The summed E-state index contributed by atoms with van der Waals surface area (Å²) in [6.45, 7) is 1.05. The number of piperidine rings is 1. The van der Waals surface area contributed by atoms with Gasteiger partial charge in [0.05, 0.1) is 16.1 Å². The fraction of sp³-hybridized carbons (Fsp3) is 0.500. The Morgan fingerprint density at radius 1 is 1.26 bits per heavy atom. The van der Waals surface area contributed by atoms with Crippen molar-refractivity contribution in [1.29, 1.82) is 0 Å². The van der Waals surface area contributed by atoms with Crippen LogP contribution in [0.5, 0.6) is 5.75 Å². The molecule has 4 N–H and O–H groups in total. The van der Waals surface area contributed by atoms with Gasteiger partial charge in [-0.05, 0) is 31.4 Å². The third kappa shape index (κ3) is 2.54. The molecule has 2 aliphatic heterocycles. The number of sulfonamides is 1. The molecule has 2 saturated heterocycles. The van der Waals surface area contributed by atoms with Crippen molar-refractivity contribution < 1.29 is 18.3 Å². The van der Waals surface area contributed by atoms with Gasteiger partial charge in [0.15, 0.2) is 5.75 Å². The van der Waals surface area contributed by atoms with Gasteiger partial charge in [0, 0.05) is 19.6 Å². The van der Waals surface area contributed by atoms with Gasteiger partial charge in [-0.15, -0.1) is 0 Å². The molecule has 0 bridgehead atoms. The van der Waals surface area contributed by atoms with Gasteiger partial charge in [-0.3, -0.25) is 4.79 Å². The normalized spacial score (nSPS) is 21.5. The number of rotatable bonds is 2. The molecule has 2 heterocycles. The Hall–Kier alpha value is -1.51. The summed E-state index contributed by atoms with van der Waals surface area (Å²) in [5.41, 5.74) is 5.07. The predicted octanol–water partition coefficient (Wildman–Crippen LogP) is 0.919. The van der Waals surface area contributed by atoms with Gasteiger partial charge in [-0.25, -0.2) is 8.42 Å². The quantitative estimate of drug-likeness (QED) is 0.537. The molecule has 0 unspecified atom stereocenters. The zero-order valence-electron chi connectivity index (χ0n) is 12.4. The van der Waals surface area contributed by atoms with Gasteiger partial charge >= 0.3 is 0 Å². The van der Waals surface area contributed by atoms with E-state index in [1.165, 1.54) is 16.4 Å². The average molecular weight is 360 g/mol. The van der Waals surface area contributed by atoms with Crippen LogP contribution in [0.15, 0.2) is 17.0 Å². The molecule has 2 fully saturated rings. The van der Waals surface area contributed by atoms with Gasteiger partial charge in [0.1, 0.15) is 4.90 Å². The van der Waals surface area contributed by atoms with Crippen LogP contribution in [0.4, 0.5) is 5.69 Å². The number of nitrogens with zero attached hydrogens (tertiary/aromatic N) is 1. The van der Waals surface area contributed by atoms with Crippen molar-refractivity contribution in [2.75, 3.05) is 25.4 Å². The fourth-order valence-electron chi connectivity index (χ4n) is 3.28. The number of amides is 1. The largest absolute Gasteiger partial charge is 0.504 e. The zero-order valence-corrected chi connectivity index (χ0v) is 14.0. The van der Waals surface area contributed by atoms with E-state index in [0.717, 1.165) is 6.42 Å². The minimum absolute atomic E-state index is 0.000571. The van der Waals surface area contributed by atoms with E-state index in [4.69, 9.17) is 17.3 Å². The highest BCUT2D eigenvalue weighted by Gasteiger charge is 2.46. The van der Waals surface area contributed by atoms with E-state index in [9.17, 15) is 18.3 Å². The van der Waals surface area contributed by atoms with Crippen LogP contribution in [-0.2, 0) is 14.8 Å². The number of anilines is 1. The zero-order chi connectivity index (χ0) is 16.8. The molecule has 1 aromatic rings. The number of phenolic OH excluding ortho intramolecular Hbond substituents is 1. The van der Waals surface area contributed by atoms with Crippen LogP contribution in [0.2, 0.25) is 5.02 Å². The number of hydrogen-bond donors (Lipinski definition) is 3. The highest BCUT2D eigenvalue weighted by molar-refractivity contribution is 7.89. The maximum atomic E-state index is 12.8. The maximum Gasteiger partial charge on any atom is 0.248 e. The maximum absolute atomic E-state index is 12.8. The molecule has 1 spiro atoms. The van der Waals surface area contributed by atoms with E-state index in [1.807, 2.05) is 0 Å². The topological polar surface area (TPSA) is 113 Å². The van der Waals surface area contributed by atoms with Crippen molar-refractivity contribution >= 4 is 33.2 Å². The van der Waals surface area contributed by atoms with Crippen LogP contribution in [-0.4, -0.2) is 43.4 Å². The first kappa shape index (κ1) is 16.4. The molecular formula is C14H18ClN3O4S. The lowest BCUT2D eigenvalue weighted by Crippen LogP contribution is -2.46. The van der Waals surface area contributed by atoms with Crippen LogP contribution in [0.25, 0.3) is 0 Å². The number of nitrogen functional groups attached to an aromatic ring is 1. The Morgan fingerprint density at radius 2 is 1.91 bits per heavy atom. The van der Waals surface area contributed by atoms with Crippen molar-refractivity contribution in [2.24, 2.45) is 5.41 Å². The summed E-state index contributed by atoms with van der Waals surface area (Å²) in [7, 11) is -3.97. The summed E-state index contributed by atoms with van der Waals surface area (Å²) >= 11 is 5.96. The minimum Gasteiger partial charge on any atom is -0.504 e. The van der Waals surface area contributed by atoms with Crippen molar-refractivity contribution in [3.05, 3.63) is 17.2 Å². The van der Waals surface area contributed by atoms with Crippen molar-refractivity contribution in [2.45, 2.75) is 24.2 Å². The van der Waals surface area contributed by atoms with Gasteiger partial charge < -0.3 is 16.2 Å². The van der Waals surface area contributed by atoms with Gasteiger partial charge in [0.2, 0.25) is 15.9 Å². The molecule has 1 amide bonds. The molecular weight excluding hydrogens is 342 g/mol. The van der Waals surface area contributed by atoms with Crippen LogP contribution in [0.3, 0.4) is 0 Å². The Labute approximate surface area is 139 Å². The second-order valence-electron chi connectivity index (χ2n) is 6.00. The first-order chi connectivity index (χ1) is 10.8. The summed E-state index contributed by atoms with van der Waals surface area (Å²) in [5.74, 6) is -0.532. The molecule has 9 heteroatoms. The summed E-state index contributed by atoms with van der Waals surface area (Å²) < 4.78 is 26.8. The average Bonchev–Trinajstić information content (AvgIpc) is 2.84. The Balaban J connectivity index is 1.88. The lowest BCUT2D eigenvalue weighted by Gasteiger charge is -2.36. The lowest BCUT2D eigenvalue weighted by molar-refractivity contribution is -0.129. The van der Waals surface area contributed by atoms with Crippen molar-refractivity contribution in [1.82, 2.24) is 9.62 Å². The van der Waals surface area contributed by atoms with Gasteiger partial charge in [0.25, 0.3) is 0 Å². The van der Waals surface area contributed by atoms with Gasteiger partial charge in [-0.2, -0.15) is 4.31 Å². The SMILES string of the molecule is Nc1ccc(Cl)c(S(=O)(=O)N2CCC3(CCNC3=O)CC2)c1O. The molecule has 1 aromatic carbocycles. The van der Waals surface area contributed by atoms with E-state index in [0.29, 0.717) is 19.4 Å². The second-order valence-corrected chi connectivity index (χ2v) is 8.29. The molecule has 0 radical (unpaired) electrons. The number of phenols is 1. The monoisotopic (exact) mass is 359 g/mol. The third-order valence-corrected chi connectivity index (χ3v) is 7.16. The van der Waals surface area contributed by atoms with E-state index < -0.39 is 21.2 Å². The summed E-state index contributed by atoms with van der Waals surface area (Å²) in [6, 6.07) is 2.70. The molecule has 7 nitrogen and oxygen atoms in total. The fourth-order valence-corrected chi connectivity index (χ4v) is 5.33. The van der Waals surface area contributed by atoms with E-state index >= 15 is 0 Å². The smallest absolute Gasteiger partial charge is 0.248 e. The van der Waals surface area contributed by atoms with E-state index in [2.05, 4.69) is 5.32 Å². The van der Waals surface area contributed by atoms with E-state index in [1.54, 1.807) is 0 Å². The first-order valence-corrected chi connectivity index (χ1v) is 9.15. The summed E-state index contributed by atoms with van der Waals surface area (Å²) in [5, 5.41) is 12.7. The van der Waals surface area contributed by atoms with Gasteiger partial charge in [-0.1, -0.05) is 11.6 Å². The molecule has 0 aromatic heterocycles. The number of halogens is 1. The Morgan fingerprint density at radius 3 is 2.48 bits per heavy atom. The Kier molecular flexibility index (Phi) is 3.94. The molecule has 3 rings (SSSR count). The number of hydrogen-bond acceptors (Lipinski definition) is 5. The first-order valence-electron chi connectivity index (χ1n) is 7.33. The number of aromatic hydroxyl groups is 1. The summed E-state index contributed by atoms with van der Waals surface area (Å²) in [4.78, 5) is 11.6. The number of carbonyl (C=O) groups is 1. The van der Waals surface area contributed by atoms with Crippen LogP contribution < -0.4 is 11.1 Å².